The Morgan fingerprint density at radius 2 is 2.50 bits per heavy atom. The summed E-state index contributed by atoms with van der Waals surface area (Å²) >= 11 is 1.52. The lowest BCUT2D eigenvalue weighted by molar-refractivity contribution is -0.123. The summed E-state index contributed by atoms with van der Waals surface area (Å²) < 4.78 is 5.68. The lowest BCUT2D eigenvalue weighted by atomic mass is 9.99. The van der Waals surface area contributed by atoms with Gasteiger partial charge in [0.1, 0.15) is 0 Å². The highest BCUT2D eigenvalue weighted by atomic mass is 32.1. The molecule has 20 heavy (non-hydrogen) atoms. The first kappa shape index (κ1) is 15.3. The van der Waals surface area contributed by atoms with Crippen molar-refractivity contribution in [2.24, 2.45) is 5.92 Å². The van der Waals surface area contributed by atoms with Crippen LogP contribution in [-0.4, -0.2) is 48.1 Å². The number of aromatic nitrogens is 1. The molecule has 2 heterocycles. The first-order valence-corrected chi connectivity index (χ1v) is 8.05. The fourth-order valence-corrected chi connectivity index (χ4v) is 2.97. The molecule has 1 fully saturated rings. The summed E-state index contributed by atoms with van der Waals surface area (Å²) in [4.78, 5) is 18.1. The minimum Gasteiger partial charge on any atom is -0.470 e. The Hall–Kier alpha value is -1.14. The molecule has 0 bridgehead atoms. The van der Waals surface area contributed by atoms with E-state index in [1.54, 1.807) is 6.20 Å². The zero-order valence-corrected chi connectivity index (χ0v) is 13.0. The molecule has 1 N–H and O–H groups in total. The van der Waals surface area contributed by atoms with E-state index in [0.29, 0.717) is 19.1 Å². The number of nitrogens with zero attached hydrogens (tertiary/aromatic N) is 2. The molecule has 0 aliphatic carbocycles. The van der Waals surface area contributed by atoms with Crippen molar-refractivity contribution in [1.82, 2.24) is 15.2 Å². The Kier molecular flexibility index (Phi) is 5.79. The van der Waals surface area contributed by atoms with Gasteiger partial charge in [-0.05, 0) is 33.2 Å². The predicted molar refractivity (Wildman–Crippen MR) is 80.1 cm³/mol. The second-order valence-corrected chi connectivity index (χ2v) is 6.43. The number of rotatable bonds is 6. The number of thiazole rings is 1. The molecule has 1 aromatic heterocycles. The molecule has 1 saturated heterocycles. The van der Waals surface area contributed by atoms with E-state index >= 15 is 0 Å². The minimum atomic E-state index is 0.112. The van der Waals surface area contributed by atoms with Gasteiger partial charge >= 0.3 is 0 Å². The number of hydrogen-bond donors (Lipinski definition) is 1. The second-order valence-electron chi connectivity index (χ2n) is 5.57. The highest BCUT2D eigenvalue weighted by Gasteiger charge is 2.22. The maximum atomic E-state index is 11.8. The van der Waals surface area contributed by atoms with Crippen molar-refractivity contribution in [3.63, 3.8) is 0 Å². The molecule has 0 saturated carbocycles. The van der Waals surface area contributed by atoms with Crippen LogP contribution in [0.3, 0.4) is 0 Å². The average Bonchev–Trinajstić information content (AvgIpc) is 2.88. The van der Waals surface area contributed by atoms with Gasteiger partial charge in [-0.2, -0.15) is 0 Å². The Labute approximate surface area is 124 Å². The van der Waals surface area contributed by atoms with Crippen LogP contribution in [0, 0.1) is 5.92 Å². The van der Waals surface area contributed by atoms with Gasteiger partial charge in [-0.1, -0.05) is 11.3 Å². The molecule has 6 heteroatoms. The van der Waals surface area contributed by atoms with Crippen LogP contribution in [0.15, 0.2) is 11.6 Å². The maximum absolute atomic E-state index is 11.8. The third-order valence-electron chi connectivity index (χ3n) is 3.27. The number of hydrogen-bond acceptors (Lipinski definition) is 5. The van der Waals surface area contributed by atoms with Crippen LogP contribution in [-0.2, 0) is 4.79 Å². The molecule has 112 valence electrons. The largest absolute Gasteiger partial charge is 0.470 e. The Balaban J connectivity index is 1.72. The summed E-state index contributed by atoms with van der Waals surface area (Å²) in [6.07, 6.45) is 4.04. The Morgan fingerprint density at radius 3 is 3.20 bits per heavy atom. The van der Waals surface area contributed by atoms with Gasteiger partial charge in [-0.3, -0.25) is 9.69 Å². The van der Waals surface area contributed by atoms with Crippen molar-refractivity contribution in [2.75, 3.05) is 26.2 Å². The summed E-state index contributed by atoms with van der Waals surface area (Å²) in [7, 11) is 0. The number of nitrogens with one attached hydrogen (secondary N) is 1. The van der Waals surface area contributed by atoms with E-state index in [-0.39, 0.29) is 11.9 Å². The summed E-state index contributed by atoms with van der Waals surface area (Å²) in [6.45, 7) is 7.08. The number of carbonyl (C=O) groups excluding carboxylic acids is 1. The lowest BCUT2D eigenvalue weighted by Crippen LogP contribution is -2.45. The van der Waals surface area contributed by atoms with Gasteiger partial charge in [-0.25, -0.2) is 4.98 Å². The molecule has 1 aliphatic heterocycles. The second kappa shape index (κ2) is 7.59. The number of ether oxygens (including phenoxy) is 1. The average molecular weight is 297 g/mol. The van der Waals surface area contributed by atoms with Gasteiger partial charge in [0.25, 0.3) is 5.19 Å². The first-order chi connectivity index (χ1) is 9.63. The van der Waals surface area contributed by atoms with Crippen molar-refractivity contribution >= 4 is 17.2 Å². The quantitative estimate of drug-likeness (QED) is 0.869. The summed E-state index contributed by atoms with van der Waals surface area (Å²) in [5.74, 6) is 0.598. The van der Waals surface area contributed by atoms with Crippen molar-refractivity contribution in [2.45, 2.75) is 32.7 Å². The molecule has 1 unspecified atom stereocenters. The van der Waals surface area contributed by atoms with Crippen LogP contribution in [0.1, 0.15) is 26.7 Å². The molecular formula is C14H23N3O2S. The summed E-state index contributed by atoms with van der Waals surface area (Å²) in [5.41, 5.74) is 0. The highest BCUT2D eigenvalue weighted by Crippen LogP contribution is 2.19. The van der Waals surface area contributed by atoms with Crippen molar-refractivity contribution in [1.29, 1.82) is 0 Å². The topological polar surface area (TPSA) is 54.5 Å². The SMILES string of the molecule is CC(C)NC(=O)CN1CCCC(COc2nccs2)C1. The number of amides is 1. The van der Waals surface area contributed by atoms with Gasteiger partial charge in [0.2, 0.25) is 5.91 Å². The Morgan fingerprint density at radius 1 is 1.65 bits per heavy atom. The van der Waals surface area contributed by atoms with E-state index in [2.05, 4.69) is 15.2 Å². The van der Waals surface area contributed by atoms with Gasteiger partial charge in [0.05, 0.1) is 13.2 Å². The normalized spacial score (nSPS) is 20.1. The van der Waals surface area contributed by atoms with Crippen LogP contribution >= 0.6 is 11.3 Å². The molecule has 2 rings (SSSR count). The number of likely N-dealkylation sites (tertiary alicyclic amines) is 1. The molecule has 1 aliphatic rings. The molecule has 1 amide bonds. The summed E-state index contributed by atoms with van der Waals surface area (Å²) in [5, 5.41) is 5.59. The summed E-state index contributed by atoms with van der Waals surface area (Å²) in [6, 6.07) is 0.205. The van der Waals surface area contributed by atoms with Crippen molar-refractivity contribution in [3.8, 4) is 5.19 Å². The fourth-order valence-electron chi connectivity index (χ4n) is 2.47. The zero-order chi connectivity index (χ0) is 14.4. The monoisotopic (exact) mass is 297 g/mol. The predicted octanol–water partition coefficient (Wildman–Crippen LogP) is 1.76. The van der Waals surface area contributed by atoms with Crippen LogP contribution in [0.4, 0.5) is 0 Å². The zero-order valence-electron chi connectivity index (χ0n) is 12.2. The van der Waals surface area contributed by atoms with E-state index in [4.69, 9.17) is 4.74 Å². The standard InChI is InChI=1S/C14H23N3O2S/c1-11(2)16-13(18)9-17-6-3-4-12(8-17)10-19-14-15-5-7-20-14/h5,7,11-12H,3-4,6,8-10H2,1-2H3,(H,16,18). The van der Waals surface area contributed by atoms with Crippen LogP contribution in [0.5, 0.6) is 5.19 Å². The maximum Gasteiger partial charge on any atom is 0.273 e. The van der Waals surface area contributed by atoms with Crippen LogP contribution in [0.25, 0.3) is 0 Å². The molecular weight excluding hydrogens is 274 g/mol. The molecule has 1 atom stereocenters. The minimum absolute atomic E-state index is 0.112. The van der Waals surface area contributed by atoms with Crippen molar-refractivity contribution < 1.29 is 9.53 Å². The van der Waals surface area contributed by atoms with E-state index in [9.17, 15) is 4.79 Å². The number of piperidine rings is 1. The highest BCUT2D eigenvalue weighted by molar-refractivity contribution is 7.11. The first-order valence-electron chi connectivity index (χ1n) is 7.17. The van der Waals surface area contributed by atoms with Gasteiger partial charge < -0.3 is 10.1 Å². The Bertz CT molecular complexity index is 409. The van der Waals surface area contributed by atoms with Gasteiger partial charge in [0, 0.05) is 30.1 Å². The molecule has 0 aromatic carbocycles. The lowest BCUT2D eigenvalue weighted by Gasteiger charge is -2.32. The molecule has 0 radical (unpaired) electrons. The fraction of sp³-hybridized carbons (Fsp3) is 0.714. The molecule has 0 spiro atoms. The molecule has 1 aromatic rings. The van der Waals surface area contributed by atoms with Crippen LogP contribution in [0.2, 0.25) is 0 Å². The van der Waals surface area contributed by atoms with E-state index in [1.807, 2.05) is 19.2 Å². The third-order valence-corrected chi connectivity index (χ3v) is 3.95. The van der Waals surface area contributed by atoms with Gasteiger partial charge in [-0.15, -0.1) is 0 Å². The van der Waals surface area contributed by atoms with E-state index in [1.165, 1.54) is 11.3 Å². The van der Waals surface area contributed by atoms with E-state index < -0.39 is 0 Å². The molecule has 5 nitrogen and oxygen atoms in total. The smallest absolute Gasteiger partial charge is 0.273 e. The van der Waals surface area contributed by atoms with E-state index in [0.717, 1.165) is 31.1 Å². The number of carbonyl (C=O) groups is 1. The van der Waals surface area contributed by atoms with Crippen LogP contribution < -0.4 is 10.1 Å². The van der Waals surface area contributed by atoms with Gasteiger partial charge in [0.15, 0.2) is 0 Å². The third kappa shape index (κ3) is 5.09. The van der Waals surface area contributed by atoms with Crippen molar-refractivity contribution in [3.05, 3.63) is 11.6 Å².